The van der Waals surface area contributed by atoms with Gasteiger partial charge in [-0.15, -0.1) is 0 Å². The summed E-state index contributed by atoms with van der Waals surface area (Å²) in [7, 11) is -1.75. The molecule has 0 amide bonds. The van der Waals surface area contributed by atoms with Crippen LogP contribution >= 0.6 is 15.8 Å². The van der Waals surface area contributed by atoms with Gasteiger partial charge in [0.25, 0.3) is 0 Å². The maximum atomic E-state index is 2.24. The average Bonchev–Trinajstić information content (AvgIpc) is 3.01. The van der Waals surface area contributed by atoms with Crippen molar-refractivity contribution in [1.29, 1.82) is 0 Å². The molecule has 0 aromatic heterocycles. The first-order valence-electron chi connectivity index (χ1n) is 13.0. The molecule has 0 atom stereocenters. The van der Waals surface area contributed by atoms with Crippen molar-refractivity contribution in [3.8, 4) is 0 Å². The molecule has 0 heterocycles. The predicted molar refractivity (Wildman–Crippen MR) is 177 cm³/mol. The Hall–Kier alpha value is -3.20. The van der Waals surface area contributed by atoms with Crippen LogP contribution in [0.4, 0.5) is 0 Å². The predicted octanol–water partition coefficient (Wildman–Crippen LogP) is 5.53. The van der Waals surface area contributed by atoms with Crippen molar-refractivity contribution in [1.82, 2.24) is 0 Å². The summed E-state index contributed by atoms with van der Waals surface area (Å²) in [5, 5.41) is 8.61. The van der Waals surface area contributed by atoms with Crippen LogP contribution in [0.25, 0.3) is 0 Å². The van der Waals surface area contributed by atoms with E-state index >= 15 is 0 Å². The zero-order chi connectivity index (χ0) is 25.8. The van der Waals surface area contributed by atoms with Crippen LogP contribution in [0.5, 0.6) is 0 Å². The third-order valence-electron chi connectivity index (χ3n) is 6.37. The Labute approximate surface area is 254 Å². The van der Waals surface area contributed by atoms with E-state index in [2.05, 4.69) is 182 Å². The molecule has 0 unspecified atom stereocenters. The van der Waals surface area contributed by atoms with E-state index in [4.69, 9.17) is 0 Å². The summed E-state index contributed by atoms with van der Waals surface area (Å²) in [5.41, 5.74) is 0. The molecule has 4 heteroatoms. The van der Waals surface area contributed by atoms with Crippen molar-refractivity contribution in [2.75, 3.05) is 0 Å². The van der Waals surface area contributed by atoms with Gasteiger partial charge in [-0.2, -0.15) is 0 Å². The van der Waals surface area contributed by atoms with Gasteiger partial charge in [-0.25, -0.2) is 0 Å². The summed E-state index contributed by atoms with van der Waals surface area (Å²) in [6.07, 6.45) is 0. The monoisotopic (exact) mass is 731 g/mol. The van der Waals surface area contributed by atoms with Crippen LogP contribution in [0.3, 0.4) is 0 Å². The molecule has 0 aliphatic heterocycles. The van der Waals surface area contributed by atoms with Gasteiger partial charge in [-0.05, 0) is 72.8 Å². The Morgan fingerprint density at radius 2 is 0.350 bits per heavy atom. The molecule has 0 spiro atoms. The van der Waals surface area contributed by atoms with Crippen LogP contribution in [0, 0.1) is 0 Å². The summed E-state index contributed by atoms with van der Waals surface area (Å²) in [4.78, 5) is 0. The third kappa shape index (κ3) is 8.40. The van der Waals surface area contributed by atoms with Crippen molar-refractivity contribution < 1.29 is 25.9 Å². The molecule has 2 N–H and O–H groups in total. The van der Waals surface area contributed by atoms with E-state index in [1.165, 1.54) is 31.8 Å². The van der Waals surface area contributed by atoms with E-state index in [0.29, 0.717) is 0 Å². The Bertz CT molecular complexity index is 1180. The second-order valence-electron chi connectivity index (χ2n) is 8.95. The van der Waals surface area contributed by atoms with Gasteiger partial charge < -0.3 is 5.48 Å². The number of rotatable bonds is 6. The first-order chi connectivity index (χ1) is 18.9. The molecule has 0 bridgehead atoms. The number of hydrogen-bond acceptors (Lipinski definition) is 0. The minimum atomic E-state index is -0.877. The molecule has 0 aliphatic rings. The summed E-state index contributed by atoms with van der Waals surface area (Å²) in [6.45, 7) is 0. The second kappa shape index (κ2) is 16.8. The Morgan fingerprint density at radius 1 is 0.225 bits per heavy atom. The van der Waals surface area contributed by atoms with Crippen molar-refractivity contribution in [2.45, 2.75) is 0 Å². The molecular weight excluding hydrogens is 697 g/mol. The largest absolute Gasteiger partial charge is 0.412 e. The van der Waals surface area contributed by atoms with Gasteiger partial charge in [0, 0.05) is 20.4 Å². The van der Waals surface area contributed by atoms with Crippen LogP contribution in [0.15, 0.2) is 182 Å². The van der Waals surface area contributed by atoms with Crippen LogP contribution in [0.2, 0.25) is 0 Å². The number of benzene rings is 6. The van der Waals surface area contributed by atoms with Crippen LogP contribution in [-0.4, -0.2) is 5.48 Å². The molecular formula is C36H34OP2Re+2. The fourth-order valence-corrected chi connectivity index (χ4v) is 9.78. The molecule has 6 rings (SSSR count). The van der Waals surface area contributed by atoms with Gasteiger partial charge in [0.15, 0.2) is 0 Å². The summed E-state index contributed by atoms with van der Waals surface area (Å²) < 4.78 is 0. The SMILES string of the molecule is O.[Re].c1ccc([PH+](c2ccccc2)c2ccccc2)cc1.c1ccc([PH+](c2ccccc2)c2ccccc2)cc1. The fourth-order valence-electron chi connectivity index (χ4n) is 4.63. The average molecular weight is 731 g/mol. The first kappa shape index (κ1) is 31.3. The van der Waals surface area contributed by atoms with E-state index in [1.807, 2.05) is 0 Å². The molecule has 0 saturated heterocycles. The smallest absolute Gasteiger partial charge is 0.102 e. The minimum absolute atomic E-state index is 0. The van der Waals surface area contributed by atoms with Crippen molar-refractivity contribution >= 4 is 47.7 Å². The number of hydrogen-bond donors (Lipinski definition) is 0. The summed E-state index contributed by atoms with van der Waals surface area (Å²) in [6, 6.07) is 65.0. The maximum absolute atomic E-state index is 2.24. The van der Waals surface area contributed by atoms with Crippen molar-refractivity contribution in [2.24, 2.45) is 0 Å². The first-order valence-corrected chi connectivity index (χ1v) is 16.0. The van der Waals surface area contributed by atoms with Gasteiger partial charge in [-0.3, -0.25) is 0 Å². The molecule has 0 saturated carbocycles. The topological polar surface area (TPSA) is 31.5 Å². The van der Waals surface area contributed by atoms with E-state index in [0.717, 1.165) is 0 Å². The molecule has 0 fully saturated rings. The molecule has 199 valence electrons. The molecule has 6 aromatic rings. The van der Waals surface area contributed by atoms with Gasteiger partial charge in [0.05, 0.1) is 15.8 Å². The minimum Gasteiger partial charge on any atom is -0.412 e. The van der Waals surface area contributed by atoms with Gasteiger partial charge in [0.2, 0.25) is 0 Å². The van der Waals surface area contributed by atoms with E-state index in [9.17, 15) is 0 Å². The van der Waals surface area contributed by atoms with Gasteiger partial charge in [-0.1, -0.05) is 109 Å². The molecule has 0 aliphatic carbocycles. The van der Waals surface area contributed by atoms with Crippen LogP contribution in [-0.2, 0) is 20.4 Å². The quantitative estimate of drug-likeness (QED) is 0.202. The molecule has 1 nitrogen and oxygen atoms in total. The Balaban J connectivity index is 0.000000210. The van der Waals surface area contributed by atoms with E-state index in [-0.39, 0.29) is 25.9 Å². The van der Waals surface area contributed by atoms with Crippen LogP contribution < -0.4 is 31.8 Å². The van der Waals surface area contributed by atoms with Crippen LogP contribution in [0.1, 0.15) is 0 Å². The summed E-state index contributed by atoms with van der Waals surface area (Å²) in [5.74, 6) is 0. The Kier molecular flexibility index (Phi) is 13.2. The Morgan fingerprint density at radius 3 is 0.475 bits per heavy atom. The van der Waals surface area contributed by atoms with Crippen molar-refractivity contribution in [3.63, 3.8) is 0 Å². The van der Waals surface area contributed by atoms with E-state index in [1.54, 1.807) is 0 Å². The fraction of sp³-hybridized carbons (Fsp3) is 0. The third-order valence-corrected chi connectivity index (χ3v) is 11.8. The van der Waals surface area contributed by atoms with Gasteiger partial charge >= 0.3 is 0 Å². The zero-order valence-electron chi connectivity index (χ0n) is 22.2. The molecule has 40 heavy (non-hydrogen) atoms. The second-order valence-corrected chi connectivity index (χ2v) is 13.9. The zero-order valence-corrected chi connectivity index (χ0v) is 26.9. The van der Waals surface area contributed by atoms with Gasteiger partial charge in [0.1, 0.15) is 31.8 Å². The molecule has 1 radical (unpaired) electrons. The molecule has 6 aromatic carbocycles. The maximum Gasteiger partial charge on any atom is 0.102 e. The normalized spacial score (nSPS) is 10.1. The van der Waals surface area contributed by atoms with E-state index < -0.39 is 15.8 Å². The van der Waals surface area contributed by atoms with Crippen molar-refractivity contribution in [3.05, 3.63) is 182 Å². The summed E-state index contributed by atoms with van der Waals surface area (Å²) >= 11 is 0. The standard InChI is InChI=1S/2C18H15P.H2O.Re/c2*1-4-10-16(11-5-1)19(17-12-6-2-7-13-17)18-14-8-3-9-15-18;;/h2*1-15H;1H2;/p+2.